The fourth-order valence-electron chi connectivity index (χ4n) is 2.84. The molecule has 0 unspecified atom stereocenters. The van der Waals surface area contributed by atoms with E-state index in [1.807, 2.05) is 50.2 Å². The number of benzene rings is 1. The Morgan fingerprint density at radius 2 is 2.12 bits per heavy atom. The van der Waals surface area contributed by atoms with Crippen molar-refractivity contribution in [1.82, 2.24) is 19.7 Å². The van der Waals surface area contributed by atoms with E-state index in [0.29, 0.717) is 23.0 Å². The molecule has 0 saturated heterocycles. The third-order valence-electron chi connectivity index (χ3n) is 4.13. The summed E-state index contributed by atoms with van der Waals surface area (Å²) < 4.78 is 2.54. The summed E-state index contributed by atoms with van der Waals surface area (Å²) in [6.45, 7) is 4.23. The molecule has 0 aliphatic carbocycles. The Kier molecular flexibility index (Phi) is 4.22. The SMILES string of the molecule is CC(=NCc1cccnc1)c1c(C)[nH]n(-c2nc3ccccc3s2)c1=O. The molecule has 7 heteroatoms. The van der Waals surface area contributed by atoms with Crippen molar-refractivity contribution in [2.24, 2.45) is 4.99 Å². The Bertz CT molecular complexity index is 1120. The second kappa shape index (κ2) is 6.68. The number of rotatable bonds is 4. The molecular formula is C19H17N5OS. The maximum atomic E-state index is 12.9. The van der Waals surface area contributed by atoms with Crippen molar-refractivity contribution in [1.29, 1.82) is 0 Å². The molecule has 0 fully saturated rings. The number of pyridine rings is 1. The van der Waals surface area contributed by atoms with E-state index in [2.05, 4.69) is 20.1 Å². The topological polar surface area (TPSA) is 75.9 Å². The van der Waals surface area contributed by atoms with Crippen molar-refractivity contribution in [3.63, 3.8) is 0 Å². The highest BCUT2D eigenvalue weighted by Crippen LogP contribution is 2.23. The largest absolute Gasteiger partial charge is 0.293 e. The Morgan fingerprint density at radius 3 is 2.88 bits per heavy atom. The average molecular weight is 363 g/mol. The van der Waals surface area contributed by atoms with Gasteiger partial charge in [0.05, 0.1) is 22.3 Å². The predicted octanol–water partition coefficient (Wildman–Crippen LogP) is 3.49. The van der Waals surface area contributed by atoms with E-state index in [-0.39, 0.29) is 5.56 Å². The number of aromatic amines is 1. The van der Waals surface area contributed by atoms with Gasteiger partial charge in [-0.3, -0.25) is 19.9 Å². The molecule has 0 amide bonds. The van der Waals surface area contributed by atoms with Crippen molar-refractivity contribution < 1.29 is 0 Å². The fourth-order valence-corrected chi connectivity index (χ4v) is 3.77. The van der Waals surface area contributed by atoms with E-state index >= 15 is 0 Å². The van der Waals surface area contributed by atoms with Crippen molar-refractivity contribution in [2.45, 2.75) is 20.4 Å². The quantitative estimate of drug-likeness (QED) is 0.564. The molecule has 0 radical (unpaired) electrons. The van der Waals surface area contributed by atoms with Crippen LogP contribution in [0.2, 0.25) is 0 Å². The number of aryl methyl sites for hydroxylation is 1. The summed E-state index contributed by atoms with van der Waals surface area (Å²) in [5.41, 5.74) is 3.83. The van der Waals surface area contributed by atoms with Gasteiger partial charge in [0.25, 0.3) is 5.56 Å². The van der Waals surface area contributed by atoms with Crippen LogP contribution in [0.5, 0.6) is 0 Å². The van der Waals surface area contributed by atoms with Gasteiger partial charge >= 0.3 is 0 Å². The van der Waals surface area contributed by atoms with Crippen LogP contribution in [0.25, 0.3) is 15.3 Å². The van der Waals surface area contributed by atoms with E-state index < -0.39 is 0 Å². The molecule has 0 atom stereocenters. The van der Waals surface area contributed by atoms with Crippen molar-refractivity contribution in [2.75, 3.05) is 0 Å². The standard InChI is InChI=1S/C19H17N5OS/c1-12(21-11-14-6-5-9-20-10-14)17-13(2)23-24(18(17)25)19-22-15-7-3-4-8-16(15)26-19/h3-10,23H,11H2,1-2H3. The van der Waals surface area contributed by atoms with E-state index in [4.69, 9.17) is 0 Å². The lowest BCUT2D eigenvalue weighted by Gasteiger charge is -1.99. The van der Waals surface area contributed by atoms with Crippen LogP contribution in [0.15, 0.2) is 58.6 Å². The van der Waals surface area contributed by atoms with Crippen LogP contribution in [-0.4, -0.2) is 25.5 Å². The number of para-hydroxylation sites is 1. The van der Waals surface area contributed by atoms with E-state index in [1.165, 1.54) is 16.0 Å². The number of hydrogen-bond acceptors (Lipinski definition) is 5. The number of H-pyrrole nitrogens is 1. The second-order valence-electron chi connectivity index (χ2n) is 5.98. The Morgan fingerprint density at radius 1 is 1.27 bits per heavy atom. The van der Waals surface area contributed by atoms with Gasteiger partial charge in [-0.15, -0.1) is 0 Å². The summed E-state index contributed by atoms with van der Waals surface area (Å²) in [5.74, 6) is 0. The summed E-state index contributed by atoms with van der Waals surface area (Å²) in [5, 5.41) is 3.76. The van der Waals surface area contributed by atoms with Crippen LogP contribution in [0.4, 0.5) is 0 Å². The summed E-state index contributed by atoms with van der Waals surface area (Å²) in [7, 11) is 0. The average Bonchev–Trinajstić information content (AvgIpc) is 3.21. The van der Waals surface area contributed by atoms with E-state index in [1.54, 1.807) is 12.4 Å². The van der Waals surface area contributed by atoms with Gasteiger partial charge in [-0.1, -0.05) is 29.5 Å². The highest BCUT2D eigenvalue weighted by molar-refractivity contribution is 7.20. The van der Waals surface area contributed by atoms with E-state index in [0.717, 1.165) is 21.5 Å². The summed E-state index contributed by atoms with van der Waals surface area (Å²) in [6.07, 6.45) is 3.51. The van der Waals surface area contributed by atoms with Crippen molar-refractivity contribution in [3.05, 3.63) is 76.0 Å². The van der Waals surface area contributed by atoms with Crippen LogP contribution in [0.3, 0.4) is 0 Å². The van der Waals surface area contributed by atoms with Crippen LogP contribution in [0, 0.1) is 6.92 Å². The van der Waals surface area contributed by atoms with Crippen LogP contribution in [-0.2, 0) is 6.54 Å². The summed E-state index contributed by atoms with van der Waals surface area (Å²) in [6, 6.07) is 11.7. The molecular weight excluding hydrogens is 346 g/mol. The Balaban J connectivity index is 1.71. The number of aromatic nitrogens is 4. The first-order chi connectivity index (χ1) is 12.6. The normalized spacial score (nSPS) is 12.0. The molecule has 0 aliphatic rings. The summed E-state index contributed by atoms with van der Waals surface area (Å²) in [4.78, 5) is 26.1. The van der Waals surface area contributed by atoms with Gasteiger partial charge in [-0.05, 0) is 37.6 Å². The van der Waals surface area contributed by atoms with Crippen LogP contribution < -0.4 is 5.56 Å². The number of aliphatic imine (C=N–C) groups is 1. The lowest BCUT2D eigenvalue weighted by molar-refractivity contribution is 0.829. The summed E-state index contributed by atoms with van der Waals surface area (Å²) >= 11 is 1.48. The highest BCUT2D eigenvalue weighted by atomic mass is 32.1. The van der Waals surface area contributed by atoms with Crippen molar-refractivity contribution in [3.8, 4) is 5.13 Å². The maximum absolute atomic E-state index is 12.9. The fraction of sp³-hybridized carbons (Fsp3) is 0.158. The molecule has 4 aromatic rings. The number of fused-ring (bicyclic) bond motifs is 1. The lowest BCUT2D eigenvalue weighted by atomic mass is 10.2. The van der Waals surface area contributed by atoms with Gasteiger partial charge in [0.1, 0.15) is 0 Å². The van der Waals surface area contributed by atoms with E-state index in [9.17, 15) is 4.79 Å². The zero-order valence-corrected chi connectivity index (χ0v) is 15.2. The van der Waals surface area contributed by atoms with Gasteiger partial charge in [-0.25, -0.2) is 4.98 Å². The smallest absolute Gasteiger partial charge is 0.282 e. The zero-order valence-electron chi connectivity index (χ0n) is 14.4. The third kappa shape index (κ3) is 2.97. The van der Waals surface area contributed by atoms with Gasteiger partial charge in [0, 0.05) is 23.8 Å². The molecule has 130 valence electrons. The van der Waals surface area contributed by atoms with Crippen LogP contribution in [0.1, 0.15) is 23.7 Å². The number of hydrogen-bond donors (Lipinski definition) is 1. The minimum atomic E-state index is -0.131. The molecule has 1 aromatic carbocycles. The molecule has 3 heterocycles. The Hall–Kier alpha value is -3.06. The monoisotopic (exact) mass is 363 g/mol. The molecule has 0 spiro atoms. The van der Waals surface area contributed by atoms with Gasteiger partial charge in [-0.2, -0.15) is 4.68 Å². The van der Waals surface area contributed by atoms with Crippen molar-refractivity contribution >= 4 is 27.3 Å². The third-order valence-corrected chi connectivity index (χ3v) is 5.15. The zero-order chi connectivity index (χ0) is 18.1. The molecule has 6 nitrogen and oxygen atoms in total. The lowest BCUT2D eigenvalue weighted by Crippen LogP contribution is -2.19. The minimum Gasteiger partial charge on any atom is -0.293 e. The predicted molar refractivity (Wildman–Crippen MR) is 104 cm³/mol. The first-order valence-electron chi connectivity index (χ1n) is 8.21. The number of nitrogens with zero attached hydrogens (tertiary/aromatic N) is 4. The molecule has 3 aromatic heterocycles. The molecule has 0 bridgehead atoms. The molecule has 0 saturated carbocycles. The van der Waals surface area contributed by atoms with Crippen LogP contribution >= 0.6 is 11.3 Å². The minimum absolute atomic E-state index is 0.131. The molecule has 4 rings (SSSR count). The molecule has 0 aliphatic heterocycles. The van der Waals surface area contributed by atoms with Gasteiger partial charge in [0.2, 0.25) is 5.13 Å². The first kappa shape index (κ1) is 16.4. The highest BCUT2D eigenvalue weighted by Gasteiger charge is 2.17. The van der Waals surface area contributed by atoms with Gasteiger partial charge < -0.3 is 0 Å². The molecule has 26 heavy (non-hydrogen) atoms. The number of nitrogens with one attached hydrogen (secondary N) is 1. The Labute approximate surface area is 153 Å². The molecule has 1 N–H and O–H groups in total. The number of thiazole rings is 1. The van der Waals surface area contributed by atoms with Gasteiger partial charge in [0.15, 0.2) is 0 Å². The first-order valence-corrected chi connectivity index (χ1v) is 9.03. The second-order valence-corrected chi connectivity index (χ2v) is 6.99. The maximum Gasteiger partial charge on any atom is 0.282 e.